The number of amides is 1. The van der Waals surface area contributed by atoms with Gasteiger partial charge in [-0.25, -0.2) is 4.98 Å². The summed E-state index contributed by atoms with van der Waals surface area (Å²) in [5.74, 6) is 1.61. The van der Waals surface area contributed by atoms with Gasteiger partial charge in [-0.05, 0) is 31.6 Å². The second-order valence-corrected chi connectivity index (χ2v) is 9.38. The summed E-state index contributed by atoms with van der Waals surface area (Å²) in [4.78, 5) is 21.9. The van der Waals surface area contributed by atoms with E-state index in [-0.39, 0.29) is 11.5 Å². The molecule has 0 aromatic carbocycles. The summed E-state index contributed by atoms with van der Waals surface area (Å²) >= 11 is 1.72. The zero-order valence-electron chi connectivity index (χ0n) is 15.4. The lowest BCUT2D eigenvalue weighted by atomic mass is 9.89. The average Bonchev–Trinajstić information content (AvgIpc) is 2.95. The lowest BCUT2D eigenvalue weighted by Gasteiger charge is -2.47. The fourth-order valence-corrected chi connectivity index (χ4v) is 5.63. The summed E-state index contributed by atoms with van der Waals surface area (Å²) in [6.45, 7) is 8.89. The molecule has 3 aliphatic heterocycles. The Morgan fingerprint density at radius 3 is 2.77 bits per heavy atom. The van der Waals surface area contributed by atoms with Crippen molar-refractivity contribution in [3.8, 4) is 0 Å². The molecule has 1 amide bonds. The number of hydrogen-bond donors (Lipinski definition) is 0. The lowest BCUT2D eigenvalue weighted by molar-refractivity contribution is -0.153. The normalized spacial score (nSPS) is 33.4. The largest absolute Gasteiger partial charge is 0.381 e. The molecule has 4 aliphatic rings. The van der Waals surface area contributed by atoms with Gasteiger partial charge >= 0.3 is 0 Å². The third-order valence-corrected chi connectivity index (χ3v) is 7.43. The van der Waals surface area contributed by atoms with Gasteiger partial charge in [-0.3, -0.25) is 9.69 Å². The third kappa shape index (κ3) is 3.09. The first kappa shape index (κ1) is 17.1. The molecule has 1 unspecified atom stereocenters. The second-order valence-electron chi connectivity index (χ2n) is 8.32. The highest BCUT2D eigenvalue weighted by molar-refractivity contribution is 7.09. The van der Waals surface area contributed by atoms with Crippen molar-refractivity contribution in [1.29, 1.82) is 0 Å². The molecular weight excluding hydrogens is 350 g/mol. The summed E-state index contributed by atoms with van der Waals surface area (Å²) < 4.78 is 11.7. The molecule has 6 nitrogen and oxygen atoms in total. The molecule has 1 aromatic rings. The van der Waals surface area contributed by atoms with Gasteiger partial charge in [0, 0.05) is 44.0 Å². The summed E-state index contributed by atoms with van der Waals surface area (Å²) in [5, 5.41) is 3.29. The Balaban J connectivity index is 1.16. The molecule has 3 atom stereocenters. The van der Waals surface area contributed by atoms with E-state index in [0.29, 0.717) is 17.7 Å². The molecule has 4 fully saturated rings. The first-order chi connectivity index (χ1) is 12.6. The number of fused-ring (bicyclic) bond motifs is 1. The molecule has 142 valence electrons. The van der Waals surface area contributed by atoms with Gasteiger partial charge in [-0.2, -0.15) is 0 Å². The van der Waals surface area contributed by atoms with Crippen LogP contribution in [0.4, 0.5) is 0 Å². The van der Waals surface area contributed by atoms with Gasteiger partial charge in [0.15, 0.2) is 0 Å². The predicted octanol–water partition coefficient (Wildman–Crippen LogP) is 1.54. The van der Waals surface area contributed by atoms with Gasteiger partial charge in [0.25, 0.3) is 0 Å². The number of nitrogens with zero attached hydrogens (tertiary/aromatic N) is 3. The minimum Gasteiger partial charge on any atom is -0.381 e. The first-order valence-corrected chi connectivity index (χ1v) is 10.7. The molecule has 5 rings (SSSR count). The molecule has 0 N–H and O–H groups in total. The smallest absolute Gasteiger partial charge is 0.226 e. The number of aryl methyl sites for hydroxylation is 1. The SMILES string of the molecule is Cc1nc(CN2CCOC3(CCN(C(=O)C4[C@H]5COC[C@@H]45)CC3)C2)cs1. The molecule has 1 spiro atoms. The molecular formula is C19H27N3O3S. The molecule has 0 bridgehead atoms. The Bertz CT molecular complexity index is 675. The van der Waals surface area contributed by atoms with Gasteiger partial charge in [0.05, 0.1) is 36.1 Å². The van der Waals surface area contributed by atoms with Gasteiger partial charge in [0.2, 0.25) is 5.91 Å². The van der Waals surface area contributed by atoms with E-state index in [9.17, 15) is 4.79 Å². The summed E-state index contributed by atoms with van der Waals surface area (Å²) in [5.41, 5.74) is 1.09. The fourth-order valence-electron chi connectivity index (χ4n) is 5.02. The van der Waals surface area contributed by atoms with Crippen molar-refractivity contribution in [2.75, 3.05) is 46.0 Å². The summed E-state index contributed by atoms with van der Waals surface area (Å²) in [7, 11) is 0. The number of carbonyl (C=O) groups is 1. The Hall–Kier alpha value is -1.02. The zero-order valence-corrected chi connectivity index (χ0v) is 16.2. The van der Waals surface area contributed by atoms with E-state index in [1.807, 2.05) is 0 Å². The summed E-state index contributed by atoms with van der Waals surface area (Å²) in [6, 6.07) is 0. The maximum atomic E-state index is 12.8. The molecule has 1 aliphatic carbocycles. The van der Waals surface area contributed by atoms with E-state index in [1.165, 1.54) is 5.69 Å². The standard InChI is InChI=1S/C19H27N3O3S/c1-13-20-14(11-26-13)8-21-6-7-25-19(12-21)2-4-22(5-3-19)18(23)17-15-9-24-10-16(15)17/h11,15-17H,2-10,12H2,1H3/t15-,16+,17?. The van der Waals surface area contributed by atoms with E-state index >= 15 is 0 Å². The van der Waals surface area contributed by atoms with Crippen LogP contribution in [0.5, 0.6) is 0 Å². The van der Waals surface area contributed by atoms with Crippen LogP contribution in [0.25, 0.3) is 0 Å². The fraction of sp³-hybridized carbons (Fsp3) is 0.789. The van der Waals surface area contributed by atoms with Crippen LogP contribution in [-0.2, 0) is 20.8 Å². The Morgan fingerprint density at radius 2 is 2.08 bits per heavy atom. The Labute approximate surface area is 158 Å². The van der Waals surface area contributed by atoms with Crippen LogP contribution in [0.2, 0.25) is 0 Å². The number of thiazole rings is 1. The number of morpholine rings is 1. The topological polar surface area (TPSA) is 54.9 Å². The van der Waals surface area contributed by atoms with Crippen LogP contribution >= 0.6 is 11.3 Å². The zero-order chi connectivity index (χ0) is 17.7. The monoisotopic (exact) mass is 377 g/mol. The minimum absolute atomic E-state index is 0.0807. The number of ether oxygens (including phenoxy) is 2. The van der Waals surface area contributed by atoms with Crippen LogP contribution in [0.1, 0.15) is 23.5 Å². The number of piperidine rings is 1. The van der Waals surface area contributed by atoms with Crippen molar-refractivity contribution in [3.63, 3.8) is 0 Å². The van der Waals surface area contributed by atoms with Crippen LogP contribution in [0.3, 0.4) is 0 Å². The van der Waals surface area contributed by atoms with Crippen molar-refractivity contribution >= 4 is 17.2 Å². The maximum absolute atomic E-state index is 12.8. The van der Waals surface area contributed by atoms with Crippen molar-refractivity contribution < 1.29 is 14.3 Å². The van der Waals surface area contributed by atoms with Crippen LogP contribution in [0, 0.1) is 24.7 Å². The third-order valence-electron chi connectivity index (χ3n) is 6.60. The molecule has 1 saturated carbocycles. The van der Waals surface area contributed by atoms with Crippen molar-refractivity contribution in [2.45, 2.75) is 31.9 Å². The molecule has 26 heavy (non-hydrogen) atoms. The molecule has 3 saturated heterocycles. The van der Waals surface area contributed by atoms with Crippen molar-refractivity contribution in [2.24, 2.45) is 17.8 Å². The van der Waals surface area contributed by atoms with Gasteiger partial charge in [-0.15, -0.1) is 11.3 Å². The molecule has 7 heteroatoms. The van der Waals surface area contributed by atoms with Gasteiger partial charge in [0.1, 0.15) is 0 Å². The van der Waals surface area contributed by atoms with E-state index in [1.54, 1.807) is 11.3 Å². The highest BCUT2D eigenvalue weighted by atomic mass is 32.1. The Morgan fingerprint density at radius 1 is 1.31 bits per heavy atom. The lowest BCUT2D eigenvalue weighted by Crippen LogP contribution is -2.57. The van der Waals surface area contributed by atoms with Crippen LogP contribution in [0.15, 0.2) is 5.38 Å². The predicted molar refractivity (Wildman–Crippen MR) is 97.9 cm³/mol. The van der Waals surface area contributed by atoms with E-state index in [2.05, 4.69) is 27.1 Å². The summed E-state index contributed by atoms with van der Waals surface area (Å²) in [6.07, 6.45) is 1.90. The molecule has 4 heterocycles. The van der Waals surface area contributed by atoms with E-state index in [0.717, 1.165) is 70.4 Å². The number of rotatable bonds is 3. The number of carbonyl (C=O) groups excluding carboxylic acids is 1. The molecule has 1 aromatic heterocycles. The van der Waals surface area contributed by atoms with Gasteiger partial charge < -0.3 is 14.4 Å². The van der Waals surface area contributed by atoms with Crippen molar-refractivity contribution in [3.05, 3.63) is 16.1 Å². The number of aromatic nitrogens is 1. The number of hydrogen-bond acceptors (Lipinski definition) is 6. The highest BCUT2D eigenvalue weighted by Gasteiger charge is 2.59. The number of likely N-dealkylation sites (tertiary alicyclic amines) is 1. The highest BCUT2D eigenvalue weighted by Crippen LogP contribution is 2.51. The Kier molecular flexibility index (Phi) is 4.31. The van der Waals surface area contributed by atoms with Crippen LogP contribution < -0.4 is 0 Å². The van der Waals surface area contributed by atoms with E-state index < -0.39 is 0 Å². The van der Waals surface area contributed by atoms with Crippen LogP contribution in [-0.4, -0.2) is 72.3 Å². The van der Waals surface area contributed by atoms with Gasteiger partial charge in [-0.1, -0.05) is 0 Å². The van der Waals surface area contributed by atoms with Crippen molar-refractivity contribution in [1.82, 2.24) is 14.8 Å². The van der Waals surface area contributed by atoms with E-state index in [4.69, 9.17) is 9.47 Å². The average molecular weight is 378 g/mol. The maximum Gasteiger partial charge on any atom is 0.226 e. The second kappa shape index (κ2) is 6.55. The molecule has 0 radical (unpaired) electrons. The quantitative estimate of drug-likeness (QED) is 0.800. The first-order valence-electron chi connectivity index (χ1n) is 9.77. The minimum atomic E-state index is -0.0807.